The van der Waals surface area contributed by atoms with Crippen LogP contribution in [-0.4, -0.2) is 27.9 Å². The van der Waals surface area contributed by atoms with Crippen molar-refractivity contribution in [1.82, 2.24) is 10.2 Å². The van der Waals surface area contributed by atoms with Gasteiger partial charge in [-0.05, 0) is 28.5 Å². The molecule has 6 heteroatoms. The standard InChI is InChI=1S/C28H20N4O2/c33-24-17-21-12-6-7-13-23(21)25(19-9-2-1-3-10-19)29-26(24)30-28-32-31-27(34-28)22-15-14-18-8-4-5-11-20(18)16-22/h1-16,26H,17H2,(H,30,32). The summed E-state index contributed by atoms with van der Waals surface area (Å²) in [6, 6.07) is 32.0. The molecule has 1 aromatic heterocycles. The molecule has 0 saturated carbocycles. The van der Waals surface area contributed by atoms with Gasteiger partial charge in [-0.25, -0.2) is 0 Å². The predicted octanol–water partition coefficient (Wildman–Crippen LogP) is 5.29. The topological polar surface area (TPSA) is 80.4 Å². The monoisotopic (exact) mass is 444 g/mol. The quantitative estimate of drug-likeness (QED) is 0.407. The Labute approximate surface area is 196 Å². The molecule has 1 atom stereocenters. The second-order valence-electron chi connectivity index (χ2n) is 8.17. The van der Waals surface area contributed by atoms with Crippen LogP contribution < -0.4 is 5.32 Å². The van der Waals surface area contributed by atoms with Gasteiger partial charge in [-0.15, -0.1) is 5.10 Å². The summed E-state index contributed by atoms with van der Waals surface area (Å²) in [6.45, 7) is 0. The third-order valence-corrected chi connectivity index (χ3v) is 5.93. The molecule has 0 spiro atoms. The van der Waals surface area contributed by atoms with E-state index in [-0.39, 0.29) is 18.2 Å². The molecule has 0 saturated heterocycles. The summed E-state index contributed by atoms with van der Waals surface area (Å²) in [5, 5.41) is 13.6. The van der Waals surface area contributed by atoms with E-state index in [1.165, 1.54) is 0 Å². The van der Waals surface area contributed by atoms with E-state index < -0.39 is 6.17 Å². The number of Topliss-reactive ketones (excluding diaryl/α,β-unsaturated/α-hetero) is 1. The smallest absolute Gasteiger partial charge is 0.317 e. The zero-order chi connectivity index (χ0) is 22.9. The first-order chi connectivity index (χ1) is 16.7. The van der Waals surface area contributed by atoms with Crippen LogP contribution in [-0.2, 0) is 11.2 Å². The molecule has 5 aromatic rings. The molecule has 1 aliphatic rings. The molecule has 34 heavy (non-hydrogen) atoms. The minimum Gasteiger partial charge on any atom is -0.403 e. The first-order valence-electron chi connectivity index (χ1n) is 11.1. The molecule has 0 bridgehead atoms. The number of ketones is 1. The van der Waals surface area contributed by atoms with Crippen molar-refractivity contribution < 1.29 is 9.21 Å². The second kappa shape index (κ2) is 8.41. The van der Waals surface area contributed by atoms with Crippen LogP contribution in [0.3, 0.4) is 0 Å². The van der Waals surface area contributed by atoms with Crippen molar-refractivity contribution in [3.05, 3.63) is 114 Å². The Hall–Kier alpha value is -4.58. The van der Waals surface area contributed by atoms with Crippen molar-refractivity contribution in [2.24, 2.45) is 4.99 Å². The number of hydrogen-bond acceptors (Lipinski definition) is 6. The SMILES string of the molecule is O=C1Cc2ccccc2C(c2ccccc2)=NC1Nc1nnc(-c2ccc3ccccc3c2)o1. The maximum atomic E-state index is 13.1. The minimum atomic E-state index is -0.840. The molecule has 6 nitrogen and oxygen atoms in total. The molecular weight excluding hydrogens is 424 g/mol. The first kappa shape index (κ1) is 20.1. The van der Waals surface area contributed by atoms with Crippen LogP contribution >= 0.6 is 0 Å². The Balaban J connectivity index is 1.34. The van der Waals surface area contributed by atoms with Gasteiger partial charge in [0.05, 0.1) is 5.71 Å². The lowest BCUT2D eigenvalue weighted by Crippen LogP contribution is -2.29. The number of aliphatic imine (C=N–C) groups is 1. The Kier molecular flexibility index (Phi) is 4.96. The van der Waals surface area contributed by atoms with Gasteiger partial charge in [0.1, 0.15) is 0 Å². The van der Waals surface area contributed by atoms with Gasteiger partial charge < -0.3 is 9.73 Å². The third kappa shape index (κ3) is 3.75. The largest absolute Gasteiger partial charge is 0.403 e. The molecule has 0 radical (unpaired) electrons. The summed E-state index contributed by atoms with van der Waals surface area (Å²) in [5.41, 5.74) is 4.41. The van der Waals surface area contributed by atoms with Gasteiger partial charge in [-0.1, -0.05) is 90.0 Å². The van der Waals surface area contributed by atoms with Crippen LogP contribution in [0, 0.1) is 0 Å². The molecule has 0 amide bonds. The fourth-order valence-corrected chi connectivity index (χ4v) is 4.24. The average molecular weight is 444 g/mol. The van der Waals surface area contributed by atoms with Crippen molar-refractivity contribution >= 4 is 28.3 Å². The van der Waals surface area contributed by atoms with Crippen molar-refractivity contribution in [2.75, 3.05) is 5.32 Å². The van der Waals surface area contributed by atoms with Gasteiger partial charge in [0.2, 0.25) is 5.89 Å². The highest BCUT2D eigenvalue weighted by atomic mass is 16.4. The van der Waals surface area contributed by atoms with Gasteiger partial charge >= 0.3 is 6.01 Å². The molecule has 2 heterocycles. The van der Waals surface area contributed by atoms with E-state index in [2.05, 4.69) is 21.6 Å². The van der Waals surface area contributed by atoms with Crippen LogP contribution in [0.2, 0.25) is 0 Å². The van der Waals surface area contributed by atoms with E-state index in [4.69, 9.17) is 9.41 Å². The zero-order valence-corrected chi connectivity index (χ0v) is 18.2. The third-order valence-electron chi connectivity index (χ3n) is 5.93. The Morgan fingerprint density at radius 1 is 0.765 bits per heavy atom. The number of nitrogens with zero attached hydrogens (tertiary/aromatic N) is 3. The number of nitrogens with one attached hydrogen (secondary N) is 1. The van der Waals surface area contributed by atoms with Gasteiger partial charge in [0.15, 0.2) is 11.9 Å². The fraction of sp³-hybridized carbons (Fsp3) is 0.0714. The molecular formula is C28H20N4O2. The minimum absolute atomic E-state index is 0.0659. The summed E-state index contributed by atoms with van der Waals surface area (Å²) in [6.07, 6.45) is -0.577. The zero-order valence-electron chi connectivity index (χ0n) is 18.2. The number of carbonyl (C=O) groups excluding carboxylic acids is 1. The van der Waals surface area contributed by atoms with Crippen LogP contribution in [0.4, 0.5) is 6.01 Å². The van der Waals surface area contributed by atoms with E-state index in [1.54, 1.807) is 0 Å². The number of hydrogen-bond donors (Lipinski definition) is 1. The lowest BCUT2D eigenvalue weighted by molar-refractivity contribution is -0.119. The average Bonchev–Trinajstić information content (AvgIpc) is 3.30. The van der Waals surface area contributed by atoms with E-state index in [0.717, 1.165) is 38.7 Å². The highest BCUT2D eigenvalue weighted by Gasteiger charge is 2.27. The lowest BCUT2D eigenvalue weighted by Gasteiger charge is -2.11. The normalized spacial score (nSPS) is 15.5. The summed E-state index contributed by atoms with van der Waals surface area (Å²) in [4.78, 5) is 17.9. The van der Waals surface area contributed by atoms with Crippen LogP contribution in [0.15, 0.2) is 106 Å². The summed E-state index contributed by atoms with van der Waals surface area (Å²) in [5.74, 6) is 0.314. The molecule has 0 aliphatic carbocycles. The predicted molar refractivity (Wildman–Crippen MR) is 132 cm³/mol. The van der Waals surface area contributed by atoms with Crippen molar-refractivity contribution in [1.29, 1.82) is 0 Å². The molecule has 1 N–H and O–H groups in total. The van der Waals surface area contributed by atoms with Gasteiger partial charge in [0.25, 0.3) is 0 Å². The van der Waals surface area contributed by atoms with Crippen molar-refractivity contribution in [3.8, 4) is 11.5 Å². The highest BCUT2D eigenvalue weighted by Crippen LogP contribution is 2.26. The molecule has 1 aliphatic heterocycles. The van der Waals surface area contributed by atoms with Gasteiger partial charge in [-0.2, -0.15) is 0 Å². The first-order valence-corrected chi connectivity index (χ1v) is 11.1. The maximum absolute atomic E-state index is 13.1. The Morgan fingerprint density at radius 3 is 2.41 bits per heavy atom. The number of carbonyl (C=O) groups is 1. The molecule has 6 rings (SSSR count). The Morgan fingerprint density at radius 2 is 1.53 bits per heavy atom. The molecule has 4 aromatic carbocycles. The number of rotatable bonds is 4. The summed E-state index contributed by atoms with van der Waals surface area (Å²) >= 11 is 0. The summed E-state index contributed by atoms with van der Waals surface area (Å²) in [7, 11) is 0. The van der Waals surface area contributed by atoms with E-state index in [1.807, 2.05) is 91.0 Å². The van der Waals surface area contributed by atoms with E-state index in [9.17, 15) is 4.79 Å². The number of anilines is 1. The number of aromatic nitrogens is 2. The number of fused-ring (bicyclic) bond motifs is 2. The lowest BCUT2D eigenvalue weighted by atomic mass is 9.96. The van der Waals surface area contributed by atoms with E-state index in [0.29, 0.717) is 5.89 Å². The van der Waals surface area contributed by atoms with Gasteiger partial charge in [-0.3, -0.25) is 9.79 Å². The van der Waals surface area contributed by atoms with Crippen molar-refractivity contribution in [2.45, 2.75) is 12.6 Å². The van der Waals surface area contributed by atoms with Crippen LogP contribution in [0.1, 0.15) is 16.7 Å². The highest BCUT2D eigenvalue weighted by molar-refractivity contribution is 6.16. The van der Waals surface area contributed by atoms with Crippen LogP contribution in [0.25, 0.3) is 22.2 Å². The molecule has 1 unspecified atom stereocenters. The second-order valence-corrected chi connectivity index (χ2v) is 8.17. The fourth-order valence-electron chi connectivity index (χ4n) is 4.24. The Bertz CT molecular complexity index is 1540. The van der Waals surface area contributed by atoms with Gasteiger partial charge in [0, 0.05) is 23.1 Å². The number of benzene rings is 4. The van der Waals surface area contributed by atoms with E-state index >= 15 is 0 Å². The molecule has 0 fully saturated rings. The molecule has 164 valence electrons. The summed E-state index contributed by atoms with van der Waals surface area (Å²) < 4.78 is 5.87. The van der Waals surface area contributed by atoms with Crippen LogP contribution in [0.5, 0.6) is 0 Å². The van der Waals surface area contributed by atoms with Crippen molar-refractivity contribution in [3.63, 3.8) is 0 Å². The maximum Gasteiger partial charge on any atom is 0.317 e.